The number of benzene rings is 1. The average Bonchev–Trinajstić information content (AvgIpc) is 3.20. The number of ether oxygens (including phenoxy) is 1. The van der Waals surface area contributed by atoms with Crippen molar-refractivity contribution in [2.75, 3.05) is 19.7 Å². The summed E-state index contributed by atoms with van der Waals surface area (Å²) in [6.45, 7) is 6.63. The van der Waals surface area contributed by atoms with Crippen molar-refractivity contribution in [3.63, 3.8) is 0 Å². The predicted octanol–water partition coefficient (Wildman–Crippen LogP) is 2.75. The van der Waals surface area contributed by atoms with Gasteiger partial charge in [-0.3, -0.25) is 9.58 Å². The van der Waals surface area contributed by atoms with Crippen LogP contribution in [0.1, 0.15) is 30.8 Å². The van der Waals surface area contributed by atoms with Gasteiger partial charge in [0.15, 0.2) is 0 Å². The van der Waals surface area contributed by atoms with Gasteiger partial charge in [0.2, 0.25) is 0 Å². The molecule has 25 heavy (non-hydrogen) atoms. The van der Waals surface area contributed by atoms with E-state index in [0.717, 1.165) is 56.1 Å². The van der Waals surface area contributed by atoms with Gasteiger partial charge in [0, 0.05) is 38.4 Å². The zero-order chi connectivity index (χ0) is 17.2. The second-order valence-corrected chi connectivity index (χ2v) is 6.71. The lowest BCUT2D eigenvalue weighted by molar-refractivity contribution is -0.0339. The molecule has 1 aromatic carbocycles. The Morgan fingerprint density at radius 2 is 2.16 bits per heavy atom. The standard InChI is InChI=1S/C19H25N5O/c1-3-8-24-17-7-5-4-6-16(17)21-19(24)14-23-9-10-25-18(13-23)15-11-20-22(2)12-15/h4-7,11-12,18H,3,8-10,13-14H2,1-2H3/t18-/m1/s1. The molecule has 0 unspecified atom stereocenters. The van der Waals surface area contributed by atoms with E-state index in [1.54, 1.807) is 0 Å². The van der Waals surface area contributed by atoms with Crippen LogP contribution in [0.15, 0.2) is 36.7 Å². The number of hydrogen-bond acceptors (Lipinski definition) is 4. The minimum Gasteiger partial charge on any atom is -0.371 e. The van der Waals surface area contributed by atoms with Crippen molar-refractivity contribution < 1.29 is 4.74 Å². The maximum atomic E-state index is 5.96. The van der Waals surface area contributed by atoms with E-state index in [-0.39, 0.29) is 6.10 Å². The van der Waals surface area contributed by atoms with Gasteiger partial charge in [-0.05, 0) is 18.6 Å². The number of rotatable bonds is 5. The van der Waals surface area contributed by atoms with Crippen LogP contribution in [0, 0.1) is 0 Å². The quantitative estimate of drug-likeness (QED) is 0.717. The first-order chi connectivity index (χ1) is 12.2. The molecule has 6 nitrogen and oxygen atoms in total. The molecule has 3 heterocycles. The van der Waals surface area contributed by atoms with E-state index in [9.17, 15) is 0 Å². The van der Waals surface area contributed by atoms with Crippen LogP contribution in [0.25, 0.3) is 11.0 Å². The lowest BCUT2D eigenvalue weighted by Crippen LogP contribution is -2.38. The topological polar surface area (TPSA) is 48.1 Å². The first kappa shape index (κ1) is 16.3. The van der Waals surface area contributed by atoms with Crippen molar-refractivity contribution in [2.24, 2.45) is 7.05 Å². The summed E-state index contributed by atoms with van der Waals surface area (Å²) in [4.78, 5) is 7.33. The summed E-state index contributed by atoms with van der Waals surface area (Å²) in [5.74, 6) is 1.15. The normalized spacial score (nSPS) is 18.9. The van der Waals surface area contributed by atoms with Crippen molar-refractivity contribution >= 4 is 11.0 Å². The van der Waals surface area contributed by atoms with Crippen LogP contribution in [0.4, 0.5) is 0 Å². The SMILES string of the molecule is CCCn1c(CN2CCO[C@@H](c3cnn(C)c3)C2)nc2ccccc21. The Bertz CT molecular complexity index is 852. The van der Waals surface area contributed by atoms with Gasteiger partial charge in [0.25, 0.3) is 0 Å². The Morgan fingerprint density at radius 1 is 1.28 bits per heavy atom. The van der Waals surface area contributed by atoms with E-state index in [2.05, 4.69) is 45.8 Å². The van der Waals surface area contributed by atoms with Gasteiger partial charge in [-0.2, -0.15) is 5.10 Å². The largest absolute Gasteiger partial charge is 0.371 e. The van der Waals surface area contributed by atoms with E-state index in [0.29, 0.717) is 0 Å². The summed E-state index contributed by atoms with van der Waals surface area (Å²) in [6.07, 6.45) is 5.14. The fourth-order valence-corrected chi connectivity index (χ4v) is 3.57. The third-order valence-electron chi connectivity index (χ3n) is 4.79. The molecule has 6 heteroatoms. The van der Waals surface area contributed by atoms with E-state index in [1.165, 1.54) is 5.52 Å². The summed E-state index contributed by atoms with van der Waals surface area (Å²) >= 11 is 0. The second-order valence-electron chi connectivity index (χ2n) is 6.71. The molecule has 4 rings (SSSR count). The Hall–Kier alpha value is -2.18. The van der Waals surface area contributed by atoms with Crippen molar-refractivity contribution in [1.82, 2.24) is 24.2 Å². The molecule has 1 atom stereocenters. The zero-order valence-corrected chi connectivity index (χ0v) is 14.9. The highest BCUT2D eigenvalue weighted by Gasteiger charge is 2.24. The predicted molar refractivity (Wildman–Crippen MR) is 97.2 cm³/mol. The first-order valence-electron chi connectivity index (χ1n) is 9.01. The number of fused-ring (bicyclic) bond motifs is 1. The molecule has 0 saturated carbocycles. The van der Waals surface area contributed by atoms with Crippen molar-refractivity contribution in [3.8, 4) is 0 Å². The second kappa shape index (κ2) is 6.98. The molecule has 0 radical (unpaired) electrons. The number of aromatic nitrogens is 4. The van der Waals surface area contributed by atoms with Crippen LogP contribution in [-0.4, -0.2) is 43.9 Å². The number of para-hydroxylation sites is 2. The highest BCUT2D eigenvalue weighted by Crippen LogP contribution is 2.24. The fourth-order valence-electron chi connectivity index (χ4n) is 3.57. The Balaban J connectivity index is 1.55. The summed E-state index contributed by atoms with van der Waals surface area (Å²) in [7, 11) is 1.94. The molecule has 1 fully saturated rings. The number of morpholine rings is 1. The van der Waals surface area contributed by atoms with Crippen LogP contribution in [0.2, 0.25) is 0 Å². The molecule has 3 aromatic rings. The summed E-state index contributed by atoms with van der Waals surface area (Å²) in [5.41, 5.74) is 3.47. The van der Waals surface area contributed by atoms with Crippen molar-refractivity contribution in [1.29, 1.82) is 0 Å². The molecule has 132 valence electrons. The average molecular weight is 339 g/mol. The van der Waals surface area contributed by atoms with Crippen LogP contribution in [0.5, 0.6) is 0 Å². The molecular formula is C19H25N5O. The van der Waals surface area contributed by atoms with Crippen LogP contribution in [-0.2, 0) is 24.9 Å². The van der Waals surface area contributed by atoms with E-state index in [4.69, 9.17) is 9.72 Å². The molecule has 0 bridgehead atoms. The van der Waals surface area contributed by atoms with Gasteiger partial charge >= 0.3 is 0 Å². The maximum absolute atomic E-state index is 5.96. The van der Waals surface area contributed by atoms with Crippen molar-refractivity contribution in [3.05, 3.63) is 48.0 Å². The molecular weight excluding hydrogens is 314 g/mol. The molecule has 1 aliphatic heterocycles. The molecule has 0 spiro atoms. The maximum Gasteiger partial charge on any atom is 0.124 e. The molecule has 0 amide bonds. The molecule has 2 aromatic heterocycles. The fraction of sp³-hybridized carbons (Fsp3) is 0.474. The van der Waals surface area contributed by atoms with Gasteiger partial charge < -0.3 is 9.30 Å². The van der Waals surface area contributed by atoms with Crippen LogP contribution < -0.4 is 0 Å². The van der Waals surface area contributed by atoms with Gasteiger partial charge in [0.1, 0.15) is 5.82 Å². The first-order valence-corrected chi connectivity index (χ1v) is 9.01. The Labute approximate surface area is 148 Å². The molecule has 0 N–H and O–H groups in total. The lowest BCUT2D eigenvalue weighted by Gasteiger charge is -2.32. The van der Waals surface area contributed by atoms with Crippen molar-refractivity contribution in [2.45, 2.75) is 32.5 Å². The number of nitrogens with zero attached hydrogens (tertiary/aromatic N) is 5. The molecule has 0 aliphatic carbocycles. The Kier molecular flexibility index (Phi) is 4.55. The summed E-state index contributed by atoms with van der Waals surface area (Å²) in [5, 5.41) is 4.27. The van der Waals surface area contributed by atoms with E-state index in [1.807, 2.05) is 24.1 Å². The number of imidazole rings is 1. The Morgan fingerprint density at radius 3 is 2.96 bits per heavy atom. The van der Waals surface area contributed by atoms with E-state index < -0.39 is 0 Å². The van der Waals surface area contributed by atoms with Gasteiger partial charge in [-0.1, -0.05) is 19.1 Å². The smallest absolute Gasteiger partial charge is 0.124 e. The molecule has 1 saturated heterocycles. The summed E-state index contributed by atoms with van der Waals surface area (Å²) in [6, 6.07) is 8.41. The zero-order valence-electron chi connectivity index (χ0n) is 14.9. The third kappa shape index (κ3) is 3.32. The van der Waals surface area contributed by atoms with Gasteiger partial charge in [0.05, 0.1) is 36.5 Å². The highest BCUT2D eigenvalue weighted by molar-refractivity contribution is 5.75. The number of aryl methyl sites for hydroxylation is 2. The molecule has 1 aliphatic rings. The lowest BCUT2D eigenvalue weighted by atomic mass is 10.1. The van der Waals surface area contributed by atoms with E-state index >= 15 is 0 Å². The van der Waals surface area contributed by atoms with Crippen LogP contribution in [0.3, 0.4) is 0 Å². The minimum absolute atomic E-state index is 0.0893. The minimum atomic E-state index is 0.0893. The summed E-state index contributed by atoms with van der Waals surface area (Å²) < 4.78 is 10.2. The monoisotopic (exact) mass is 339 g/mol. The highest BCUT2D eigenvalue weighted by atomic mass is 16.5. The number of hydrogen-bond donors (Lipinski definition) is 0. The third-order valence-corrected chi connectivity index (χ3v) is 4.79. The van der Waals surface area contributed by atoms with Gasteiger partial charge in [-0.15, -0.1) is 0 Å². The van der Waals surface area contributed by atoms with Gasteiger partial charge in [-0.25, -0.2) is 4.98 Å². The van der Waals surface area contributed by atoms with Crippen LogP contribution >= 0.6 is 0 Å².